The topological polar surface area (TPSA) is 155 Å². The van der Waals surface area contributed by atoms with Gasteiger partial charge in [0.25, 0.3) is 0 Å². The quantitative estimate of drug-likeness (QED) is 0.0197. The molecule has 0 heterocycles. The molecule has 0 saturated heterocycles. The van der Waals surface area contributed by atoms with E-state index in [0.29, 0.717) is 19.3 Å². The first-order valence-electron chi connectivity index (χ1n) is 29.4. The van der Waals surface area contributed by atoms with Crippen LogP contribution in [0.2, 0.25) is 0 Å². The number of hydrogen-bond donors (Lipinski definition) is 2. The Morgan fingerprint density at radius 3 is 1.03 bits per heavy atom. The van der Waals surface area contributed by atoms with Gasteiger partial charge < -0.3 is 24.2 Å². The van der Waals surface area contributed by atoms with Gasteiger partial charge in [0, 0.05) is 19.3 Å². The van der Waals surface area contributed by atoms with Gasteiger partial charge in [-0.05, 0) is 128 Å². The lowest BCUT2D eigenvalue weighted by Crippen LogP contribution is -2.30. The third kappa shape index (κ3) is 55.8. The van der Waals surface area contributed by atoms with Crippen molar-refractivity contribution in [1.82, 2.24) is 0 Å². The van der Waals surface area contributed by atoms with Crippen LogP contribution in [0.3, 0.4) is 0 Å². The van der Waals surface area contributed by atoms with E-state index in [1.165, 1.54) is 0 Å². The Morgan fingerprint density at radius 2 is 0.654 bits per heavy atom. The molecule has 0 aromatic rings. The largest absolute Gasteiger partial charge is 0.472 e. The molecular weight excluding hydrogens is 1000 g/mol. The average Bonchev–Trinajstić information content (AvgIpc) is 3.43. The van der Waals surface area contributed by atoms with Gasteiger partial charge in [-0.3, -0.25) is 23.4 Å². The van der Waals surface area contributed by atoms with E-state index >= 15 is 0 Å². The zero-order chi connectivity index (χ0) is 56.9. The van der Waals surface area contributed by atoms with Crippen LogP contribution >= 0.6 is 7.82 Å². The van der Waals surface area contributed by atoms with Crippen molar-refractivity contribution in [2.45, 2.75) is 213 Å². The highest BCUT2D eigenvalue weighted by molar-refractivity contribution is 7.47. The monoisotopic (exact) mass is 1100 g/mol. The highest BCUT2D eigenvalue weighted by Gasteiger charge is 2.28. The minimum Gasteiger partial charge on any atom is -0.462 e. The fourth-order valence-electron chi connectivity index (χ4n) is 7.09. The number of unbranched alkanes of at least 4 members (excludes halogenated alkanes) is 9. The summed E-state index contributed by atoms with van der Waals surface area (Å²) in [5, 5.41) is 9.81. The minimum atomic E-state index is -4.79. The molecule has 0 aromatic carbocycles. The summed E-state index contributed by atoms with van der Waals surface area (Å²) in [6, 6.07) is 0. The molecule has 3 unspecified atom stereocenters. The van der Waals surface area contributed by atoms with Crippen molar-refractivity contribution >= 4 is 25.7 Å². The van der Waals surface area contributed by atoms with Crippen LogP contribution in [0.5, 0.6) is 0 Å². The van der Waals surface area contributed by atoms with Crippen molar-refractivity contribution < 1.29 is 52.2 Å². The zero-order valence-electron chi connectivity index (χ0n) is 48.3. The highest BCUT2D eigenvalue weighted by atomic mass is 31.2. The molecule has 0 aromatic heterocycles. The standard InChI is InChI=1S/C66H103O11P/c1-4-7-10-13-16-19-22-25-27-29-31-33-35-38-40-43-46-49-52-55-64(68)73-59-63(77-66(70)57-54-51-48-45-42-39-36-34-32-30-28-26-23-20-17-14-11-8-5-2)61-75-78(71,72)74-60-62(58-67)76-65(69)56-53-50-47-44-41-37-24-21-18-15-12-9-6-3/h7-12,16-21,25-28,31-34,37-38,40-41,46,49,62-63,67H,4-6,13-15,22-24,29-30,35-36,39,42-45,47-48,50-61H2,1-3H3,(H,71,72)/b10-7-,11-8-,12-9-,19-16-,20-17-,21-18-,27-25-,28-26-,33-31-,34-32-,40-38-,41-37-,49-46-. The van der Waals surface area contributed by atoms with Crippen LogP contribution in [0.1, 0.15) is 201 Å². The van der Waals surface area contributed by atoms with Crippen molar-refractivity contribution in [2.75, 3.05) is 26.4 Å². The zero-order valence-corrected chi connectivity index (χ0v) is 49.2. The molecule has 11 nitrogen and oxygen atoms in total. The van der Waals surface area contributed by atoms with Crippen LogP contribution in [0.4, 0.5) is 0 Å². The summed E-state index contributed by atoms with van der Waals surface area (Å²) in [5.41, 5.74) is 0. The number of aliphatic hydroxyl groups excluding tert-OH is 1. The Bertz CT molecular complexity index is 1910. The highest BCUT2D eigenvalue weighted by Crippen LogP contribution is 2.43. The molecule has 0 fully saturated rings. The fourth-order valence-corrected chi connectivity index (χ4v) is 7.88. The van der Waals surface area contributed by atoms with E-state index in [4.69, 9.17) is 23.3 Å². The number of phosphoric acid groups is 1. The number of esters is 3. The first-order chi connectivity index (χ1) is 38.2. The summed E-state index contributed by atoms with van der Waals surface area (Å²) in [4.78, 5) is 48.6. The molecule has 0 radical (unpaired) electrons. The molecule has 0 amide bonds. The Morgan fingerprint density at radius 1 is 0.359 bits per heavy atom. The molecule has 78 heavy (non-hydrogen) atoms. The predicted octanol–water partition coefficient (Wildman–Crippen LogP) is 17.7. The molecule has 0 spiro atoms. The molecule has 0 bridgehead atoms. The summed E-state index contributed by atoms with van der Waals surface area (Å²) in [7, 11) is -4.79. The number of carbonyl (C=O) groups is 3. The van der Waals surface area contributed by atoms with E-state index in [9.17, 15) is 28.9 Å². The van der Waals surface area contributed by atoms with E-state index in [2.05, 4.69) is 167 Å². The van der Waals surface area contributed by atoms with Gasteiger partial charge in [-0.25, -0.2) is 4.57 Å². The summed E-state index contributed by atoms with van der Waals surface area (Å²) in [6.45, 7) is 4.14. The number of rotatable bonds is 52. The molecular formula is C66H103O11P. The van der Waals surface area contributed by atoms with Crippen molar-refractivity contribution in [3.8, 4) is 0 Å². The fraction of sp³-hybridized carbons (Fsp3) is 0.561. The van der Waals surface area contributed by atoms with Crippen LogP contribution in [0, 0.1) is 0 Å². The molecule has 0 saturated carbocycles. The molecule has 0 aliphatic carbocycles. The Balaban J connectivity index is 4.91. The third-order valence-corrected chi connectivity index (χ3v) is 12.4. The van der Waals surface area contributed by atoms with Crippen LogP contribution < -0.4 is 0 Å². The van der Waals surface area contributed by atoms with Gasteiger partial charge in [0.1, 0.15) is 12.7 Å². The Kier molecular flexibility index (Phi) is 54.6. The SMILES string of the molecule is CC/C=C\C/C=C\C/C=C\C/C=C\C/C=C\C/C=C\CCC(=O)OCC(COP(=O)(O)OCC(CO)OC(=O)CCCCC/C=C\C/C=C\C/C=C\CC)OC(=O)CCCCCCCC/C=C\C/C=C\C/C=C\C/C=C\CC. The summed E-state index contributed by atoms with van der Waals surface area (Å²) < 4.78 is 39.4. The molecule has 438 valence electrons. The molecule has 0 aliphatic rings. The van der Waals surface area contributed by atoms with E-state index in [1.807, 2.05) is 12.2 Å². The third-order valence-electron chi connectivity index (χ3n) is 11.4. The first-order valence-corrected chi connectivity index (χ1v) is 30.9. The summed E-state index contributed by atoms with van der Waals surface area (Å²) >= 11 is 0. The van der Waals surface area contributed by atoms with Crippen molar-refractivity contribution in [2.24, 2.45) is 0 Å². The van der Waals surface area contributed by atoms with Crippen molar-refractivity contribution in [1.29, 1.82) is 0 Å². The summed E-state index contributed by atoms with van der Waals surface area (Å²) in [5.74, 6) is -1.63. The lowest BCUT2D eigenvalue weighted by molar-refractivity contribution is -0.161. The van der Waals surface area contributed by atoms with Gasteiger partial charge in [0.2, 0.25) is 0 Å². The van der Waals surface area contributed by atoms with Crippen LogP contribution in [0.15, 0.2) is 158 Å². The normalized spacial score (nSPS) is 14.5. The maximum Gasteiger partial charge on any atom is 0.472 e. The number of phosphoric ester groups is 1. The second-order valence-electron chi connectivity index (χ2n) is 18.7. The number of ether oxygens (including phenoxy) is 3. The van der Waals surface area contributed by atoms with Gasteiger partial charge in [-0.1, -0.05) is 211 Å². The molecule has 12 heteroatoms. The smallest absolute Gasteiger partial charge is 0.462 e. The van der Waals surface area contributed by atoms with E-state index in [0.717, 1.165) is 141 Å². The second kappa shape index (κ2) is 58.3. The number of aliphatic hydroxyl groups is 1. The minimum absolute atomic E-state index is 0.0865. The van der Waals surface area contributed by atoms with Crippen molar-refractivity contribution in [3.05, 3.63) is 158 Å². The van der Waals surface area contributed by atoms with Crippen LogP contribution in [0.25, 0.3) is 0 Å². The maximum atomic E-state index is 12.9. The Labute approximate surface area is 473 Å². The number of allylic oxidation sites excluding steroid dienone is 26. The van der Waals surface area contributed by atoms with E-state index in [-0.39, 0.29) is 19.3 Å². The maximum absolute atomic E-state index is 12.9. The van der Waals surface area contributed by atoms with E-state index in [1.54, 1.807) is 0 Å². The van der Waals surface area contributed by atoms with Gasteiger partial charge in [-0.2, -0.15) is 0 Å². The second-order valence-corrected chi connectivity index (χ2v) is 20.1. The lowest BCUT2D eigenvalue weighted by atomic mass is 10.1. The molecule has 0 aliphatic heterocycles. The Hall–Kier alpha value is -4.90. The van der Waals surface area contributed by atoms with Gasteiger partial charge >= 0.3 is 25.7 Å². The molecule has 0 rings (SSSR count). The van der Waals surface area contributed by atoms with Crippen LogP contribution in [-0.2, 0) is 42.2 Å². The van der Waals surface area contributed by atoms with Crippen molar-refractivity contribution in [3.63, 3.8) is 0 Å². The molecule has 3 atom stereocenters. The first kappa shape index (κ1) is 73.1. The summed E-state index contributed by atoms with van der Waals surface area (Å²) in [6.07, 6.45) is 76.5. The number of carbonyl (C=O) groups excluding carboxylic acids is 3. The van der Waals surface area contributed by atoms with Gasteiger partial charge in [0.15, 0.2) is 6.10 Å². The number of hydrogen-bond acceptors (Lipinski definition) is 10. The molecule has 2 N–H and O–H groups in total. The van der Waals surface area contributed by atoms with Gasteiger partial charge in [-0.15, -0.1) is 0 Å². The predicted molar refractivity (Wildman–Crippen MR) is 325 cm³/mol. The van der Waals surface area contributed by atoms with Crippen LogP contribution in [-0.4, -0.2) is 66.5 Å². The van der Waals surface area contributed by atoms with E-state index < -0.39 is 64.4 Å². The average molecular weight is 1100 g/mol. The lowest BCUT2D eigenvalue weighted by Gasteiger charge is -2.21. The van der Waals surface area contributed by atoms with Gasteiger partial charge in [0.05, 0.1) is 19.8 Å².